The van der Waals surface area contributed by atoms with Gasteiger partial charge in [-0.05, 0) is 23.8 Å². The monoisotopic (exact) mass is 384 g/mol. The summed E-state index contributed by atoms with van der Waals surface area (Å²) in [5.41, 5.74) is 3.12. The van der Waals surface area contributed by atoms with Gasteiger partial charge in [-0.3, -0.25) is 4.79 Å². The maximum Gasteiger partial charge on any atom is 0.230 e. The Kier molecular flexibility index (Phi) is 4.95. The average molecular weight is 385 g/mol. The van der Waals surface area contributed by atoms with Crippen LogP contribution in [0.15, 0.2) is 58.6 Å². The predicted octanol–water partition coefficient (Wildman–Crippen LogP) is 4.12. The Labute approximate surface area is 161 Å². The van der Waals surface area contributed by atoms with Crippen LogP contribution in [0, 0.1) is 0 Å². The number of hydrogen-bond donors (Lipinski definition) is 1. The minimum Gasteiger partial charge on any atom is -0.351 e. The van der Waals surface area contributed by atoms with Gasteiger partial charge in [0.15, 0.2) is 5.17 Å². The van der Waals surface area contributed by atoms with Crippen LogP contribution in [0.25, 0.3) is 0 Å². The summed E-state index contributed by atoms with van der Waals surface area (Å²) in [6.07, 6.45) is 2.76. The number of nitrogens with one attached hydrogen (secondary N) is 1. The van der Waals surface area contributed by atoms with Crippen LogP contribution in [-0.4, -0.2) is 28.1 Å². The van der Waals surface area contributed by atoms with Gasteiger partial charge in [-0.25, -0.2) is 10.0 Å². The van der Waals surface area contributed by atoms with Gasteiger partial charge in [0.25, 0.3) is 0 Å². The van der Waals surface area contributed by atoms with E-state index in [0.717, 1.165) is 22.8 Å². The molecule has 1 unspecified atom stereocenters. The third-order valence-corrected chi connectivity index (χ3v) is 5.43. The molecule has 4 rings (SSSR count). The van der Waals surface area contributed by atoms with Crippen molar-refractivity contribution in [2.75, 3.05) is 5.75 Å². The Bertz CT molecular complexity index is 899. The summed E-state index contributed by atoms with van der Waals surface area (Å²) in [5, 5.41) is 10.7. The normalized spacial score (nSPS) is 17.5. The van der Waals surface area contributed by atoms with Crippen LogP contribution in [0.5, 0.6) is 0 Å². The van der Waals surface area contributed by atoms with Gasteiger partial charge in [-0.15, -0.1) is 0 Å². The molecule has 0 spiro atoms. The number of amides is 1. The quantitative estimate of drug-likeness (QED) is 0.862. The molecule has 1 N–H and O–H groups in total. The molecule has 0 bridgehead atoms. The first-order chi connectivity index (χ1) is 12.7. The molecule has 0 aliphatic carbocycles. The highest BCUT2D eigenvalue weighted by atomic mass is 35.5. The molecule has 0 saturated carbocycles. The lowest BCUT2D eigenvalue weighted by Crippen LogP contribution is -2.30. The number of carbonyl (C=O) groups is 1. The Morgan fingerprint density at radius 1 is 1.27 bits per heavy atom. The molecule has 26 heavy (non-hydrogen) atoms. The second-order valence-corrected chi connectivity index (χ2v) is 7.42. The van der Waals surface area contributed by atoms with Crippen molar-refractivity contribution in [3.05, 3.63) is 64.7 Å². The van der Waals surface area contributed by atoms with Gasteiger partial charge < -0.3 is 5.32 Å². The number of amidine groups is 1. The van der Waals surface area contributed by atoms with Gasteiger partial charge in [-0.2, -0.15) is 5.10 Å². The Balaban J connectivity index is 1.39. The molecule has 2 aliphatic heterocycles. The maximum atomic E-state index is 12.2. The van der Waals surface area contributed by atoms with E-state index in [-0.39, 0.29) is 11.9 Å². The third-order valence-electron chi connectivity index (χ3n) is 4.25. The fourth-order valence-electron chi connectivity index (χ4n) is 3.01. The van der Waals surface area contributed by atoms with E-state index >= 15 is 0 Å². The highest BCUT2D eigenvalue weighted by Gasteiger charge is 2.32. The van der Waals surface area contributed by atoms with Gasteiger partial charge in [-0.1, -0.05) is 53.7 Å². The van der Waals surface area contributed by atoms with Crippen molar-refractivity contribution >= 4 is 46.3 Å². The van der Waals surface area contributed by atoms with Crippen LogP contribution in [0.1, 0.15) is 23.6 Å². The van der Waals surface area contributed by atoms with Gasteiger partial charge in [0.05, 0.1) is 17.5 Å². The van der Waals surface area contributed by atoms with Crippen LogP contribution < -0.4 is 5.32 Å². The molecule has 5 nitrogen and oxygen atoms in total. The van der Waals surface area contributed by atoms with Crippen molar-refractivity contribution in [3.63, 3.8) is 0 Å². The van der Waals surface area contributed by atoms with Gasteiger partial charge in [0, 0.05) is 29.8 Å². The number of benzene rings is 2. The number of carbonyl (C=O) groups excluding carboxylic acids is 1. The molecular weight excluding hydrogens is 368 g/mol. The Morgan fingerprint density at radius 2 is 2.15 bits per heavy atom. The summed E-state index contributed by atoms with van der Waals surface area (Å²) in [7, 11) is 0. The first-order valence-corrected chi connectivity index (χ1v) is 9.70. The first kappa shape index (κ1) is 17.1. The number of fused-ring (bicyclic) bond motifs is 3. The van der Waals surface area contributed by atoms with E-state index in [4.69, 9.17) is 11.6 Å². The molecule has 2 aliphatic rings. The standard InChI is InChI=1S/C19H17ClN4OS/c20-14-5-3-4-13(10-14)11-21-18(25)12-26-19-23-16-7-2-1-6-15(16)17-8-9-22-24(17)19/h1-7,9-10,17H,8,11-12H2,(H,21,25). The van der Waals surface area contributed by atoms with E-state index in [0.29, 0.717) is 17.3 Å². The highest BCUT2D eigenvalue weighted by molar-refractivity contribution is 8.14. The molecule has 2 aromatic rings. The highest BCUT2D eigenvalue weighted by Crippen LogP contribution is 2.40. The smallest absolute Gasteiger partial charge is 0.230 e. The summed E-state index contributed by atoms with van der Waals surface area (Å²) in [6.45, 7) is 0.458. The molecule has 0 radical (unpaired) electrons. The van der Waals surface area contributed by atoms with Crippen LogP contribution in [-0.2, 0) is 11.3 Å². The number of aliphatic imine (C=N–C) groups is 1. The average Bonchev–Trinajstić information content (AvgIpc) is 3.15. The maximum absolute atomic E-state index is 12.2. The second kappa shape index (κ2) is 7.51. The van der Waals surface area contributed by atoms with Crippen LogP contribution in [0.2, 0.25) is 5.02 Å². The zero-order chi connectivity index (χ0) is 17.9. The molecule has 0 aromatic heterocycles. The number of hydrazone groups is 1. The zero-order valence-corrected chi connectivity index (χ0v) is 15.5. The topological polar surface area (TPSA) is 57.1 Å². The van der Waals surface area contributed by atoms with E-state index < -0.39 is 0 Å². The fourth-order valence-corrected chi connectivity index (χ4v) is 4.05. The van der Waals surface area contributed by atoms with E-state index in [9.17, 15) is 4.79 Å². The van der Waals surface area contributed by atoms with Crippen molar-refractivity contribution in [1.29, 1.82) is 0 Å². The van der Waals surface area contributed by atoms with E-state index in [1.807, 2.05) is 53.7 Å². The summed E-state index contributed by atoms with van der Waals surface area (Å²) in [5.74, 6) is 0.247. The van der Waals surface area contributed by atoms with Crippen molar-refractivity contribution in [3.8, 4) is 0 Å². The predicted molar refractivity (Wildman–Crippen MR) is 107 cm³/mol. The lowest BCUT2D eigenvalue weighted by molar-refractivity contribution is -0.118. The van der Waals surface area contributed by atoms with Crippen molar-refractivity contribution in [1.82, 2.24) is 10.3 Å². The minimum absolute atomic E-state index is 0.0451. The molecule has 0 saturated heterocycles. The molecular formula is C19H17ClN4OS. The minimum atomic E-state index is -0.0451. The second-order valence-electron chi connectivity index (χ2n) is 6.04. The summed E-state index contributed by atoms with van der Waals surface area (Å²) >= 11 is 7.37. The third kappa shape index (κ3) is 3.61. The van der Waals surface area contributed by atoms with Gasteiger partial charge in [0.2, 0.25) is 5.91 Å². The number of thioether (sulfide) groups is 1. The van der Waals surface area contributed by atoms with E-state index in [1.54, 1.807) is 0 Å². The molecule has 2 heterocycles. The molecule has 0 fully saturated rings. The first-order valence-electron chi connectivity index (χ1n) is 8.34. The zero-order valence-electron chi connectivity index (χ0n) is 13.9. The number of para-hydroxylation sites is 1. The summed E-state index contributed by atoms with van der Waals surface area (Å²) in [4.78, 5) is 16.9. The fraction of sp³-hybridized carbons (Fsp3) is 0.211. The molecule has 2 aromatic carbocycles. The molecule has 132 valence electrons. The lowest BCUT2D eigenvalue weighted by Gasteiger charge is -2.29. The van der Waals surface area contributed by atoms with E-state index in [2.05, 4.69) is 21.5 Å². The number of nitrogens with zero attached hydrogens (tertiary/aromatic N) is 3. The van der Waals surface area contributed by atoms with Crippen molar-refractivity contribution in [2.45, 2.75) is 19.0 Å². The molecule has 7 heteroatoms. The van der Waals surface area contributed by atoms with Crippen LogP contribution >= 0.6 is 23.4 Å². The number of hydrogen-bond acceptors (Lipinski definition) is 5. The van der Waals surface area contributed by atoms with E-state index in [1.165, 1.54) is 17.3 Å². The largest absolute Gasteiger partial charge is 0.351 e. The number of rotatable bonds is 4. The number of halogens is 1. The Morgan fingerprint density at radius 3 is 3.04 bits per heavy atom. The molecule has 1 atom stereocenters. The summed E-state index contributed by atoms with van der Waals surface area (Å²) in [6, 6.07) is 15.7. The van der Waals surface area contributed by atoms with Crippen LogP contribution in [0.4, 0.5) is 5.69 Å². The molecule has 1 amide bonds. The van der Waals surface area contributed by atoms with Crippen molar-refractivity contribution in [2.24, 2.45) is 10.1 Å². The van der Waals surface area contributed by atoms with Gasteiger partial charge in [0.1, 0.15) is 0 Å². The van der Waals surface area contributed by atoms with Gasteiger partial charge >= 0.3 is 0 Å². The van der Waals surface area contributed by atoms with Crippen LogP contribution in [0.3, 0.4) is 0 Å². The van der Waals surface area contributed by atoms with Crippen molar-refractivity contribution < 1.29 is 4.79 Å². The SMILES string of the molecule is O=C(CSC1=Nc2ccccc2C2CC=NN12)NCc1cccc(Cl)c1. The lowest BCUT2D eigenvalue weighted by atomic mass is 10.0. The summed E-state index contributed by atoms with van der Waals surface area (Å²) < 4.78 is 0. The Hall–Kier alpha value is -2.31.